The van der Waals surface area contributed by atoms with Crippen LogP contribution in [-0.2, 0) is 16.1 Å². The molecule has 2 amide bonds. The normalized spacial score (nSPS) is 12.1. The molecule has 1 rings (SSSR count). The molecule has 0 spiro atoms. The molecule has 5 heteroatoms. The fourth-order valence-electron chi connectivity index (χ4n) is 2.13. The Morgan fingerprint density at radius 3 is 2.27 bits per heavy atom. The third-order valence-corrected chi connectivity index (χ3v) is 3.86. The quantitative estimate of drug-likeness (QED) is 0.800. The lowest BCUT2D eigenvalue weighted by atomic mass is 10.1. The lowest BCUT2D eigenvalue weighted by Crippen LogP contribution is -2.49. The van der Waals surface area contributed by atoms with Crippen LogP contribution in [0.5, 0.6) is 0 Å². The number of hydrogen-bond acceptors (Lipinski definition) is 2. The molecule has 1 N–H and O–H groups in total. The highest BCUT2D eigenvalue weighted by atomic mass is 79.9. The highest BCUT2D eigenvalue weighted by molar-refractivity contribution is 9.10. The monoisotopic (exact) mass is 368 g/mol. The SMILES string of the molecule is CCCC(=O)N(Cc1ccc(Br)cc1)[C@H](C)C(=O)NC(C)C. The molecule has 0 aliphatic carbocycles. The minimum atomic E-state index is -0.481. The highest BCUT2D eigenvalue weighted by Gasteiger charge is 2.25. The molecule has 0 aliphatic heterocycles. The summed E-state index contributed by atoms with van der Waals surface area (Å²) in [7, 11) is 0. The Bertz CT molecular complexity index is 500. The van der Waals surface area contributed by atoms with Gasteiger partial charge in [0.1, 0.15) is 6.04 Å². The van der Waals surface area contributed by atoms with E-state index < -0.39 is 6.04 Å². The zero-order chi connectivity index (χ0) is 16.7. The van der Waals surface area contributed by atoms with Gasteiger partial charge in [-0.15, -0.1) is 0 Å². The number of carbonyl (C=O) groups excluding carboxylic acids is 2. The van der Waals surface area contributed by atoms with Crippen LogP contribution < -0.4 is 5.32 Å². The minimum Gasteiger partial charge on any atom is -0.352 e. The summed E-state index contributed by atoms with van der Waals surface area (Å²) in [6.45, 7) is 8.02. The van der Waals surface area contributed by atoms with Gasteiger partial charge in [-0.25, -0.2) is 0 Å². The number of halogens is 1. The Kier molecular flexibility index (Phi) is 7.59. The van der Waals surface area contributed by atoms with Gasteiger partial charge in [0.05, 0.1) is 0 Å². The third kappa shape index (κ3) is 5.79. The van der Waals surface area contributed by atoms with Crippen molar-refractivity contribution in [2.24, 2.45) is 0 Å². The number of nitrogens with zero attached hydrogens (tertiary/aromatic N) is 1. The molecule has 0 saturated carbocycles. The Morgan fingerprint density at radius 2 is 1.77 bits per heavy atom. The summed E-state index contributed by atoms with van der Waals surface area (Å²) in [5.74, 6) is -0.103. The van der Waals surface area contributed by atoms with Crippen molar-refractivity contribution in [2.45, 2.75) is 59.2 Å². The van der Waals surface area contributed by atoms with Gasteiger partial charge in [0.25, 0.3) is 0 Å². The van der Waals surface area contributed by atoms with Crippen molar-refractivity contribution in [1.29, 1.82) is 0 Å². The van der Waals surface area contributed by atoms with E-state index in [2.05, 4.69) is 21.2 Å². The van der Waals surface area contributed by atoms with Crippen molar-refractivity contribution in [2.75, 3.05) is 0 Å². The zero-order valence-corrected chi connectivity index (χ0v) is 15.3. The molecule has 0 heterocycles. The number of benzene rings is 1. The molecule has 0 saturated heterocycles. The molecule has 1 atom stereocenters. The summed E-state index contributed by atoms with van der Waals surface area (Å²) in [5.41, 5.74) is 1.01. The van der Waals surface area contributed by atoms with E-state index in [-0.39, 0.29) is 17.9 Å². The van der Waals surface area contributed by atoms with E-state index in [0.29, 0.717) is 13.0 Å². The maximum atomic E-state index is 12.4. The molecule has 0 radical (unpaired) electrons. The second kappa shape index (κ2) is 8.93. The van der Waals surface area contributed by atoms with Crippen LogP contribution >= 0.6 is 15.9 Å². The van der Waals surface area contributed by atoms with Crippen LogP contribution in [0.1, 0.15) is 46.1 Å². The van der Waals surface area contributed by atoms with Crippen molar-refractivity contribution in [3.63, 3.8) is 0 Å². The van der Waals surface area contributed by atoms with E-state index >= 15 is 0 Å². The van der Waals surface area contributed by atoms with E-state index in [0.717, 1.165) is 16.5 Å². The first-order valence-corrected chi connectivity index (χ1v) is 8.48. The van der Waals surface area contributed by atoms with Crippen molar-refractivity contribution >= 4 is 27.7 Å². The van der Waals surface area contributed by atoms with Gasteiger partial charge in [0.15, 0.2) is 0 Å². The average molecular weight is 369 g/mol. The minimum absolute atomic E-state index is 0.0109. The van der Waals surface area contributed by atoms with Gasteiger partial charge in [0.2, 0.25) is 11.8 Å². The van der Waals surface area contributed by atoms with Crippen LogP contribution in [0.3, 0.4) is 0 Å². The Hall–Kier alpha value is -1.36. The van der Waals surface area contributed by atoms with Gasteiger partial charge < -0.3 is 10.2 Å². The standard InChI is InChI=1S/C17H25BrN2O2/c1-5-6-16(21)20(13(4)17(22)19-12(2)3)11-14-7-9-15(18)10-8-14/h7-10,12-13H,5-6,11H2,1-4H3,(H,19,22)/t13-/m1/s1. The lowest BCUT2D eigenvalue weighted by Gasteiger charge is -2.29. The molecular weight excluding hydrogens is 344 g/mol. The molecular formula is C17H25BrN2O2. The predicted molar refractivity (Wildman–Crippen MR) is 92.3 cm³/mol. The van der Waals surface area contributed by atoms with Crippen molar-refractivity contribution < 1.29 is 9.59 Å². The van der Waals surface area contributed by atoms with E-state index in [1.165, 1.54) is 0 Å². The van der Waals surface area contributed by atoms with E-state index in [1.807, 2.05) is 45.0 Å². The Balaban J connectivity index is 2.89. The van der Waals surface area contributed by atoms with Gasteiger partial charge in [0, 0.05) is 23.5 Å². The summed E-state index contributed by atoms with van der Waals surface area (Å²) in [4.78, 5) is 26.3. The fraction of sp³-hybridized carbons (Fsp3) is 0.529. The van der Waals surface area contributed by atoms with Crippen molar-refractivity contribution in [1.82, 2.24) is 10.2 Å². The number of amides is 2. The summed E-state index contributed by atoms with van der Waals surface area (Å²) < 4.78 is 0.994. The van der Waals surface area contributed by atoms with E-state index in [9.17, 15) is 9.59 Å². The smallest absolute Gasteiger partial charge is 0.242 e. The fourth-order valence-corrected chi connectivity index (χ4v) is 2.40. The van der Waals surface area contributed by atoms with Crippen molar-refractivity contribution in [3.05, 3.63) is 34.3 Å². The Morgan fingerprint density at radius 1 is 1.18 bits per heavy atom. The van der Waals surface area contributed by atoms with E-state index in [4.69, 9.17) is 0 Å². The van der Waals surface area contributed by atoms with Crippen LogP contribution in [0, 0.1) is 0 Å². The van der Waals surface area contributed by atoms with Crippen LogP contribution in [0.15, 0.2) is 28.7 Å². The largest absolute Gasteiger partial charge is 0.352 e. The maximum absolute atomic E-state index is 12.4. The molecule has 1 aromatic rings. The van der Waals surface area contributed by atoms with E-state index in [1.54, 1.807) is 11.8 Å². The number of nitrogens with one attached hydrogen (secondary N) is 1. The summed E-state index contributed by atoms with van der Waals surface area (Å²) in [5, 5.41) is 2.87. The van der Waals surface area contributed by atoms with Crippen LogP contribution in [0.2, 0.25) is 0 Å². The van der Waals surface area contributed by atoms with Gasteiger partial charge in [-0.3, -0.25) is 9.59 Å². The number of hydrogen-bond donors (Lipinski definition) is 1. The number of carbonyl (C=O) groups is 2. The average Bonchev–Trinajstić information content (AvgIpc) is 2.45. The molecule has 1 aromatic carbocycles. The van der Waals surface area contributed by atoms with Crippen molar-refractivity contribution in [3.8, 4) is 0 Å². The molecule has 0 aromatic heterocycles. The van der Waals surface area contributed by atoms with Gasteiger partial charge >= 0.3 is 0 Å². The molecule has 4 nitrogen and oxygen atoms in total. The Labute approximate surface area is 141 Å². The first-order valence-electron chi connectivity index (χ1n) is 7.69. The van der Waals surface area contributed by atoms with Gasteiger partial charge in [-0.1, -0.05) is 35.0 Å². The predicted octanol–water partition coefficient (Wildman–Crippen LogP) is 3.49. The highest BCUT2D eigenvalue weighted by Crippen LogP contribution is 2.15. The summed E-state index contributed by atoms with van der Waals surface area (Å²) in [6, 6.07) is 7.39. The van der Waals surface area contributed by atoms with Crippen LogP contribution in [0.4, 0.5) is 0 Å². The number of rotatable bonds is 7. The zero-order valence-electron chi connectivity index (χ0n) is 13.7. The molecule has 122 valence electrons. The first-order chi connectivity index (χ1) is 10.3. The van der Waals surface area contributed by atoms with Gasteiger partial charge in [-0.2, -0.15) is 0 Å². The molecule has 0 bridgehead atoms. The molecule has 0 unspecified atom stereocenters. The van der Waals surface area contributed by atoms with Gasteiger partial charge in [-0.05, 0) is 44.9 Å². The van der Waals surface area contributed by atoms with Crippen LogP contribution in [0.25, 0.3) is 0 Å². The lowest BCUT2D eigenvalue weighted by molar-refractivity contribution is -0.140. The summed E-state index contributed by atoms with van der Waals surface area (Å²) >= 11 is 3.40. The molecule has 0 aliphatic rings. The summed E-state index contributed by atoms with van der Waals surface area (Å²) in [6.07, 6.45) is 1.23. The second-order valence-electron chi connectivity index (χ2n) is 5.74. The maximum Gasteiger partial charge on any atom is 0.242 e. The topological polar surface area (TPSA) is 49.4 Å². The van der Waals surface area contributed by atoms with Crippen LogP contribution in [-0.4, -0.2) is 28.8 Å². The molecule has 0 fully saturated rings. The third-order valence-electron chi connectivity index (χ3n) is 3.33. The molecule has 22 heavy (non-hydrogen) atoms. The first kappa shape index (κ1) is 18.7. The second-order valence-corrected chi connectivity index (χ2v) is 6.65.